The Labute approximate surface area is 144 Å². The molecule has 9 nitrogen and oxygen atoms in total. The number of carbonyl (C=O) groups excluding carboxylic acids is 1. The second-order valence-electron chi connectivity index (χ2n) is 7.32. The Morgan fingerprint density at radius 3 is 2.64 bits per heavy atom. The van der Waals surface area contributed by atoms with Crippen LogP contribution in [0.1, 0.15) is 51.9 Å². The van der Waals surface area contributed by atoms with Gasteiger partial charge in [-0.05, 0) is 40.0 Å². The number of ether oxygens (including phenoxy) is 1. The number of hydrogen-bond donors (Lipinski definition) is 2. The lowest BCUT2D eigenvalue weighted by molar-refractivity contribution is 0.00856. The Hall–Kier alpha value is -2.58. The summed E-state index contributed by atoms with van der Waals surface area (Å²) in [5, 5.41) is 0. The summed E-state index contributed by atoms with van der Waals surface area (Å²) in [6.45, 7) is 6.02. The monoisotopic (exact) mass is 349 g/mol. The maximum atomic E-state index is 12.5. The lowest BCUT2D eigenvalue weighted by Gasteiger charge is -2.35. The number of piperidine rings is 1. The van der Waals surface area contributed by atoms with E-state index in [0.717, 1.165) is 12.8 Å². The van der Waals surface area contributed by atoms with Crippen LogP contribution >= 0.6 is 0 Å². The molecule has 1 amide bonds. The van der Waals surface area contributed by atoms with Crippen LogP contribution in [0.25, 0.3) is 11.2 Å². The Balaban J connectivity index is 2.01. The molecule has 2 aromatic rings. The summed E-state index contributed by atoms with van der Waals surface area (Å²) in [5.74, 6) is 0.493. The van der Waals surface area contributed by atoms with Gasteiger partial charge in [0.25, 0.3) is 5.56 Å². The summed E-state index contributed by atoms with van der Waals surface area (Å²) < 4.78 is 6.77. The number of aromatic nitrogens is 4. The third-order valence-electron chi connectivity index (χ3n) is 4.22. The molecule has 1 aliphatic rings. The average Bonchev–Trinajstić information content (AvgIpc) is 2.97. The van der Waals surface area contributed by atoms with Crippen molar-refractivity contribution in [3.8, 4) is 0 Å². The van der Waals surface area contributed by atoms with E-state index in [9.17, 15) is 14.4 Å². The Bertz CT molecular complexity index is 917. The number of nitrogens with zero attached hydrogens (tertiary/aromatic N) is 3. The highest BCUT2D eigenvalue weighted by molar-refractivity contribution is 5.71. The lowest BCUT2D eigenvalue weighted by atomic mass is 10.0. The number of H-pyrrole nitrogens is 2. The van der Waals surface area contributed by atoms with Crippen LogP contribution in [0.5, 0.6) is 0 Å². The van der Waals surface area contributed by atoms with Crippen LogP contribution in [0.3, 0.4) is 0 Å². The topological polar surface area (TPSA) is 113 Å². The molecule has 0 saturated carbocycles. The van der Waals surface area contributed by atoms with Crippen molar-refractivity contribution in [2.45, 2.75) is 51.7 Å². The highest BCUT2D eigenvalue weighted by Crippen LogP contribution is 2.31. The second kappa shape index (κ2) is 6.05. The van der Waals surface area contributed by atoms with Crippen molar-refractivity contribution >= 4 is 17.3 Å². The minimum atomic E-state index is -0.589. The minimum Gasteiger partial charge on any atom is -0.444 e. The molecule has 0 bridgehead atoms. The molecule has 3 rings (SSSR count). The molecule has 0 spiro atoms. The first kappa shape index (κ1) is 17.2. The average molecular weight is 349 g/mol. The predicted octanol–water partition coefficient (Wildman–Crippen LogP) is 1.41. The van der Waals surface area contributed by atoms with Crippen molar-refractivity contribution in [3.05, 3.63) is 26.7 Å². The number of amides is 1. The zero-order valence-corrected chi connectivity index (χ0v) is 14.9. The Kier molecular flexibility index (Phi) is 4.18. The van der Waals surface area contributed by atoms with E-state index >= 15 is 0 Å². The van der Waals surface area contributed by atoms with E-state index in [2.05, 4.69) is 15.0 Å². The number of aromatic amines is 2. The molecule has 0 radical (unpaired) electrons. The Morgan fingerprint density at radius 1 is 1.24 bits per heavy atom. The van der Waals surface area contributed by atoms with Gasteiger partial charge in [0.15, 0.2) is 5.65 Å². The van der Waals surface area contributed by atoms with E-state index in [1.54, 1.807) is 4.90 Å². The van der Waals surface area contributed by atoms with Gasteiger partial charge < -0.3 is 9.72 Å². The maximum absolute atomic E-state index is 12.5. The van der Waals surface area contributed by atoms with Gasteiger partial charge in [-0.15, -0.1) is 0 Å². The van der Waals surface area contributed by atoms with Gasteiger partial charge in [-0.2, -0.15) is 0 Å². The van der Waals surface area contributed by atoms with Crippen LogP contribution in [0.4, 0.5) is 4.79 Å². The van der Waals surface area contributed by atoms with E-state index in [0.29, 0.717) is 18.8 Å². The van der Waals surface area contributed by atoms with Gasteiger partial charge in [0.1, 0.15) is 16.9 Å². The summed E-state index contributed by atoms with van der Waals surface area (Å²) in [5.41, 5.74) is -1.13. The Morgan fingerprint density at radius 2 is 1.96 bits per heavy atom. The zero-order valence-electron chi connectivity index (χ0n) is 14.9. The normalized spacial score (nSPS) is 18.6. The molecule has 1 unspecified atom stereocenters. The number of nitrogens with one attached hydrogen (secondary N) is 2. The van der Waals surface area contributed by atoms with Crippen molar-refractivity contribution in [2.24, 2.45) is 7.05 Å². The van der Waals surface area contributed by atoms with Crippen LogP contribution in [0.15, 0.2) is 9.59 Å². The number of imidazole rings is 1. The molecule has 1 fully saturated rings. The van der Waals surface area contributed by atoms with E-state index < -0.39 is 22.9 Å². The molecule has 3 heterocycles. The zero-order chi connectivity index (χ0) is 18.4. The summed E-state index contributed by atoms with van der Waals surface area (Å²) in [6.07, 6.45) is 2.14. The van der Waals surface area contributed by atoms with Gasteiger partial charge >= 0.3 is 11.8 Å². The number of hydrogen-bond acceptors (Lipinski definition) is 5. The molecular weight excluding hydrogens is 326 g/mol. The maximum Gasteiger partial charge on any atom is 0.410 e. The first-order valence-corrected chi connectivity index (χ1v) is 8.36. The summed E-state index contributed by atoms with van der Waals surface area (Å²) in [6, 6.07) is -0.314. The quantitative estimate of drug-likeness (QED) is 0.808. The van der Waals surface area contributed by atoms with Crippen molar-refractivity contribution in [3.63, 3.8) is 0 Å². The largest absolute Gasteiger partial charge is 0.444 e. The molecule has 0 aliphatic carbocycles. The van der Waals surface area contributed by atoms with Crippen LogP contribution in [0.2, 0.25) is 0 Å². The van der Waals surface area contributed by atoms with E-state index in [-0.39, 0.29) is 17.2 Å². The van der Waals surface area contributed by atoms with Crippen molar-refractivity contribution in [1.82, 2.24) is 24.4 Å². The highest BCUT2D eigenvalue weighted by atomic mass is 16.6. The van der Waals surface area contributed by atoms with E-state index in [4.69, 9.17) is 4.74 Å². The van der Waals surface area contributed by atoms with E-state index in [1.807, 2.05) is 20.8 Å². The fourth-order valence-electron chi connectivity index (χ4n) is 3.04. The molecule has 25 heavy (non-hydrogen) atoms. The lowest BCUT2D eigenvalue weighted by Crippen LogP contribution is -2.42. The molecule has 1 saturated heterocycles. The standard InChI is InChI=1S/C16H23N5O4/c1-16(2,3)25-15(24)21-8-6-5-7-9(21)11-17-10-12(18-11)20(4)14(23)19-13(10)22/h9H,5-8H2,1-4H3,(H,17,18)(H,19,22,23). The fourth-order valence-corrected chi connectivity index (χ4v) is 3.04. The van der Waals surface area contributed by atoms with Gasteiger partial charge in [-0.25, -0.2) is 14.6 Å². The summed E-state index contributed by atoms with van der Waals surface area (Å²) in [7, 11) is 1.54. The van der Waals surface area contributed by atoms with Gasteiger partial charge in [-0.3, -0.25) is 19.2 Å². The van der Waals surface area contributed by atoms with Crippen LogP contribution in [-0.4, -0.2) is 42.7 Å². The number of aryl methyl sites for hydroxylation is 1. The molecule has 0 aromatic carbocycles. The number of carbonyl (C=O) groups is 1. The van der Waals surface area contributed by atoms with Gasteiger partial charge in [-0.1, -0.05) is 0 Å². The van der Waals surface area contributed by atoms with Crippen LogP contribution in [-0.2, 0) is 11.8 Å². The molecule has 2 aromatic heterocycles. The molecule has 1 aliphatic heterocycles. The summed E-state index contributed by atoms with van der Waals surface area (Å²) >= 11 is 0. The number of rotatable bonds is 1. The predicted molar refractivity (Wildman–Crippen MR) is 91.5 cm³/mol. The van der Waals surface area contributed by atoms with Crippen molar-refractivity contribution < 1.29 is 9.53 Å². The molecule has 9 heteroatoms. The SMILES string of the molecule is Cn1c(=O)[nH]c(=O)c2[nH]c(C3CCCCN3C(=O)OC(C)(C)C)nc21. The van der Waals surface area contributed by atoms with Crippen molar-refractivity contribution in [2.75, 3.05) is 6.54 Å². The minimum absolute atomic E-state index is 0.229. The first-order chi connectivity index (χ1) is 11.7. The molecule has 136 valence electrons. The third kappa shape index (κ3) is 3.31. The van der Waals surface area contributed by atoms with Gasteiger partial charge in [0.05, 0.1) is 6.04 Å². The van der Waals surface area contributed by atoms with Gasteiger partial charge in [0.2, 0.25) is 0 Å². The number of likely N-dealkylation sites (tertiary alicyclic amines) is 1. The smallest absolute Gasteiger partial charge is 0.410 e. The fraction of sp³-hybridized carbons (Fsp3) is 0.625. The van der Waals surface area contributed by atoms with Crippen molar-refractivity contribution in [1.29, 1.82) is 0 Å². The molecular formula is C16H23N5O4. The van der Waals surface area contributed by atoms with Crippen LogP contribution in [0, 0.1) is 0 Å². The molecule has 1 atom stereocenters. The van der Waals surface area contributed by atoms with Gasteiger partial charge in [0, 0.05) is 13.6 Å². The number of fused-ring (bicyclic) bond motifs is 1. The highest BCUT2D eigenvalue weighted by Gasteiger charge is 2.33. The second-order valence-corrected chi connectivity index (χ2v) is 7.32. The summed E-state index contributed by atoms with van der Waals surface area (Å²) in [4.78, 5) is 47.6. The third-order valence-corrected chi connectivity index (χ3v) is 4.22. The van der Waals surface area contributed by atoms with E-state index in [1.165, 1.54) is 11.6 Å². The molecule has 2 N–H and O–H groups in total. The van der Waals surface area contributed by atoms with Crippen LogP contribution < -0.4 is 11.2 Å². The first-order valence-electron chi connectivity index (χ1n) is 8.36.